The highest BCUT2D eigenvalue weighted by Crippen LogP contribution is 2.38. The predicted molar refractivity (Wildman–Crippen MR) is 75.4 cm³/mol. The number of hydrogen-bond donors (Lipinski definition) is 2. The standard InChI is InChI=1S/C14H17N3O4/c1-4-8-6-9(13(18)10(7-8)20-3)11-12(16-17-15-11)14(19)21-5-2/h6-7,18H,4-5H2,1-3H3,(H,15,16,17). The summed E-state index contributed by atoms with van der Waals surface area (Å²) in [6, 6.07) is 3.49. The Labute approximate surface area is 121 Å². The van der Waals surface area contributed by atoms with Crippen molar-refractivity contribution < 1.29 is 19.4 Å². The highest BCUT2D eigenvalue weighted by atomic mass is 16.5. The number of aryl methyl sites for hydroxylation is 1. The maximum absolute atomic E-state index is 11.9. The fraction of sp³-hybridized carbons (Fsp3) is 0.357. The van der Waals surface area contributed by atoms with Crippen LogP contribution in [0.4, 0.5) is 0 Å². The van der Waals surface area contributed by atoms with Crippen molar-refractivity contribution in [1.82, 2.24) is 15.4 Å². The van der Waals surface area contributed by atoms with Crippen molar-refractivity contribution in [1.29, 1.82) is 0 Å². The second-order valence-corrected chi connectivity index (χ2v) is 4.29. The Morgan fingerprint density at radius 2 is 2.10 bits per heavy atom. The van der Waals surface area contributed by atoms with Gasteiger partial charge >= 0.3 is 5.97 Å². The van der Waals surface area contributed by atoms with Crippen LogP contribution in [0.15, 0.2) is 12.1 Å². The quantitative estimate of drug-likeness (QED) is 0.817. The van der Waals surface area contributed by atoms with Gasteiger partial charge in [0.15, 0.2) is 17.2 Å². The predicted octanol–water partition coefficient (Wildman–Crippen LogP) is 1.93. The molecular weight excluding hydrogens is 274 g/mol. The van der Waals surface area contributed by atoms with Gasteiger partial charge in [0.1, 0.15) is 5.69 Å². The summed E-state index contributed by atoms with van der Waals surface area (Å²) in [5, 5.41) is 20.4. The molecule has 1 aromatic heterocycles. The number of nitrogens with one attached hydrogen (secondary N) is 1. The summed E-state index contributed by atoms with van der Waals surface area (Å²) in [6.07, 6.45) is 0.746. The Bertz CT molecular complexity index is 652. The molecule has 7 heteroatoms. The molecule has 0 aliphatic rings. The number of esters is 1. The first kappa shape index (κ1) is 14.8. The summed E-state index contributed by atoms with van der Waals surface area (Å²) in [5.74, 6) is -0.363. The summed E-state index contributed by atoms with van der Waals surface area (Å²) >= 11 is 0. The highest BCUT2D eigenvalue weighted by Gasteiger charge is 2.23. The van der Waals surface area contributed by atoms with Gasteiger partial charge in [-0.05, 0) is 31.0 Å². The van der Waals surface area contributed by atoms with Crippen LogP contribution in [0.2, 0.25) is 0 Å². The summed E-state index contributed by atoms with van der Waals surface area (Å²) in [5.41, 5.74) is 1.59. The number of H-pyrrole nitrogens is 1. The maximum Gasteiger partial charge on any atom is 0.361 e. The number of phenolic OH excluding ortho intramolecular Hbond substituents is 1. The molecule has 0 spiro atoms. The lowest BCUT2D eigenvalue weighted by molar-refractivity contribution is 0.0520. The van der Waals surface area contributed by atoms with Gasteiger partial charge in [-0.2, -0.15) is 10.3 Å². The molecule has 2 N–H and O–H groups in total. The van der Waals surface area contributed by atoms with Gasteiger partial charge < -0.3 is 14.6 Å². The van der Waals surface area contributed by atoms with E-state index in [1.165, 1.54) is 7.11 Å². The van der Waals surface area contributed by atoms with Crippen LogP contribution in [-0.2, 0) is 11.2 Å². The van der Waals surface area contributed by atoms with Gasteiger partial charge in [0.25, 0.3) is 0 Å². The molecule has 1 heterocycles. The molecule has 0 aliphatic heterocycles. The summed E-state index contributed by atoms with van der Waals surface area (Å²) < 4.78 is 10.1. The van der Waals surface area contributed by atoms with Crippen molar-refractivity contribution in [2.24, 2.45) is 0 Å². The SMILES string of the molecule is CCOC(=O)c1n[nH]nc1-c1cc(CC)cc(OC)c1O. The van der Waals surface area contributed by atoms with Gasteiger partial charge in [0.2, 0.25) is 0 Å². The third kappa shape index (κ3) is 2.81. The van der Waals surface area contributed by atoms with Gasteiger partial charge in [-0.1, -0.05) is 6.92 Å². The Hall–Kier alpha value is -2.57. The monoisotopic (exact) mass is 291 g/mol. The van der Waals surface area contributed by atoms with E-state index in [1.54, 1.807) is 19.1 Å². The van der Waals surface area contributed by atoms with Crippen LogP contribution < -0.4 is 4.74 Å². The third-order valence-electron chi connectivity index (χ3n) is 3.03. The fourth-order valence-corrected chi connectivity index (χ4v) is 1.97. The van der Waals surface area contributed by atoms with Crippen molar-refractivity contribution in [3.63, 3.8) is 0 Å². The topological polar surface area (TPSA) is 97.3 Å². The van der Waals surface area contributed by atoms with Crippen LogP contribution in [0.3, 0.4) is 0 Å². The van der Waals surface area contributed by atoms with E-state index >= 15 is 0 Å². The average molecular weight is 291 g/mol. The molecule has 2 rings (SSSR count). The van der Waals surface area contributed by atoms with E-state index in [0.29, 0.717) is 11.3 Å². The number of benzene rings is 1. The lowest BCUT2D eigenvalue weighted by Gasteiger charge is -2.10. The summed E-state index contributed by atoms with van der Waals surface area (Å²) in [6.45, 7) is 3.91. The van der Waals surface area contributed by atoms with E-state index < -0.39 is 5.97 Å². The largest absolute Gasteiger partial charge is 0.504 e. The molecule has 0 fully saturated rings. The number of aromatic amines is 1. The average Bonchev–Trinajstić information content (AvgIpc) is 2.97. The second-order valence-electron chi connectivity index (χ2n) is 4.29. The van der Waals surface area contributed by atoms with Gasteiger partial charge in [-0.15, -0.1) is 5.10 Å². The maximum atomic E-state index is 11.9. The Morgan fingerprint density at radius 1 is 1.33 bits per heavy atom. The molecule has 0 saturated heterocycles. The summed E-state index contributed by atoms with van der Waals surface area (Å²) in [4.78, 5) is 11.9. The molecular formula is C14H17N3O4. The van der Waals surface area contributed by atoms with Crippen LogP contribution in [0.5, 0.6) is 11.5 Å². The summed E-state index contributed by atoms with van der Waals surface area (Å²) in [7, 11) is 1.47. The molecule has 7 nitrogen and oxygen atoms in total. The van der Waals surface area contributed by atoms with E-state index in [9.17, 15) is 9.90 Å². The van der Waals surface area contributed by atoms with Crippen LogP contribution >= 0.6 is 0 Å². The molecule has 0 radical (unpaired) electrons. The van der Waals surface area contributed by atoms with Crippen molar-refractivity contribution in [3.8, 4) is 22.8 Å². The van der Waals surface area contributed by atoms with Crippen LogP contribution in [0.25, 0.3) is 11.3 Å². The molecule has 21 heavy (non-hydrogen) atoms. The minimum atomic E-state index is -0.596. The van der Waals surface area contributed by atoms with Crippen LogP contribution in [-0.4, -0.2) is 40.2 Å². The van der Waals surface area contributed by atoms with E-state index in [0.717, 1.165) is 12.0 Å². The van der Waals surface area contributed by atoms with E-state index in [2.05, 4.69) is 15.4 Å². The molecule has 0 saturated carbocycles. The zero-order valence-corrected chi connectivity index (χ0v) is 12.1. The van der Waals surface area contributed by atoms with E-state index in [4.69, 9.17) is 9.47 Å². The van der Waals surface area contributed by atoms with Crippen molar-refractivity contribution in [2.75, 3.05) is 13.7 Å². The van der Waals surface area contributed by atoms with Gasteiger partial charge in [0, 0.05) is 0 Å². The third-order valence-corrected chi connectivity index (χ3v) is 3.03. The number of carbonyl (C=O) groups excluding carboxylic acids is 1. The Morgan fingerprint density at radius 3 is 2.71 bits per heavy atom. The number of aromatic nitrogens is 3. The molecule has 112 valence electrons. The van der Waals surface area contributed by atoms with Gasteiger partial charge in [0.05, 0.1) is 19.3 Å². The molecule has 0 amide bonds. The fourth-order valence-electron chi connectivity index (χ4n) is 1.97. The van der Waals surface area contributed by atoms with E-state index in [1.807, 2.05) is 6.92 Å². The Balaban J connectivity index is 2.57. The zero-order valence-electron chi connectivity index (χ0n) is 12.1. The molecule has 1 aromatic carbocycles. The number of carbonyl (C=O) groups is 1. The highest BCUT2D eigenvalue weighted by molar-refractivity contribution is 5.95. The van der Waals surface area contributed by atoms with Crippen LogP contribution in [0.1, 0.15) is 29.9 Å². The number of rotatable bonds is 5. The van der Waals surface area contributed by atoms with Gasteiger partial charge in [-0.25, -0.2) is 4.79 Å². The second kappa shape index (κ2) is 6.25. The molecule has 0 bridgehead atoms. The first-order valence-corrected chi connectivity index (χ1v) is 6.60. The minimum Gasteiger partial charge on any atom is -0.504 e. The molecule has 0 aliphatic carbocycles. The first-order valence-electron chi connectivity index (χ1n) is 6.60. The van der Waals surface area contributed by atoms with E-state index in [-0.39, 0.29) is 23.7 Å². The number of aromatic hydroxyl groups is 1. The first-order chi connectivity index (χ1) is 10.1. The van der Waals surface area contributed by atoms with Gasteiger partial charge in [-0.3, -0.25) is 0 Å². The van der Waals surface area contributed by atoms with Crippen LogP contribution in [0, 0.1) is 0 Å². The number of phenols is 1. The van der Waals surface area contributed by atoms with Crippen molar-refractivity contribution >= 4 is 5.97 Å². The Kier molecular flexibility index (Phi) is 4.42. The number of methoxy groups -OCH3 is 1. The van der Waals surface area contributed by atoms with Crippen molar-refractivity contribution in [2.45, 2.75) is 20.3 Å². The lowest BCUT2D eigenvalue weighted by atomic mass is 10.0. The number of hydrogen-bond acceptors (Lipinski definition) is 6. The molecule has 2 aromatic rings. The molecule has 0 atom stereocenters. The van der Waals surface area contributed by atoms with Crippen molar-refractivity contribution in [3.05, 3.63) is 23.4 Å². The normalized spacial score (nSPS) is 10.4. The lowest BCUT2D eigenvalue weighted by Crippen LogP contribution is -2.07. The molecule has 0 unspecified atom stereocenters. The number of ether oxygens (including phenoxy) is 2. The smallest absolute Gasteiger partial charge is 0.361 e. The number of nitrogens with zero attached hydrogens (tertiary/aromatic N) is 2. The zero-order chi connectivity index (χ0) is 15.4. The minimum absolute atomic E-state index is 0.0301.